The van der Waals surface area contributed by atoms with Gasteiger partial charge in [0, 0.05) is 5.41 Å². The first-order valence-corrected chi connectivity index (χ1v) is 5.93. The number of rotatable bonds is 2. The molecule has 1 saturated heterocycles. The topological polar surface area (TPSA) is 74.7 Å². The molecule has 1 fully saturated rings. The zero-order valence-electron chi connectivity index (χ0n) is 11.1. The highest BCUT2D eigenvalue weighted by Gasteiger charge is 2.55. The van der Waals surface area contributed by atoms with E-state index >= 15 is 0 Å². The largest absolute Gasteiger partial charge is 0.468 e. The minimum absolute atomic E-state index is 0.295. The first-order chi connectivity index (χ1) is 8.25. The lowest BCUT2D eigenvalue weighted by molar-refractivity contribution is -0.156. The molecule has 2 rings (SSSR count). The van der Waals surface area contributed by atoms with Gasteiger partial charge in [-0.1, -0.05) is 20.8 Å². The highest BCUT2D eigenvalue weighted by molar-refractivity contribution is 5.82. The Kier molecular flexibility index (Phi) is 2.99. The fraction of sp³-hybridized carbons (Fsp3) is 0.615. The Hall–Kier alpha value is -1.33. The molecular formula is C13H19NO4. The minimum Gasteiger partial charge on any atom is -0.468 e. The molecular weight excluding hydrogens is 234 g/mol. The summed E-state index contributed by atoms with van der Waals surface area (Å²) in [5.41, 5.74) is 4.55. The van der Waals surface area contributed by atoms with Gasteiger partial charge in [0.1, 0.15) is 11.8 Å². The molecule has 0 saturated carbocycles. The van der Waals surface area contributed by atoms with E-state index in [4.69, 9.17) is 19.6 Å². The molecule has 1 aliphatic heterocycles. The van der Waals surface area contributed by atoms with Gasteiger partial charge < -0.3 is 19.6 Å². The molecule has 0 radical (unpaired) electrons. The van der Waals surface area contributed by atoms with Crippen LogP contribution in [0.3, 0.4) is 0 Å². The second kappa shape index (κ2) is 4.10. The normalized spacial score (nSPS) is 30.3. The lowest BCUT2D eigenvalue weighted by Crippen LogP contribution is -2.44. The van der Waals surface area contributed by atoms with E-state index < -0.39 is 23.9 Å². The van der Waals surface area contributed by atoms with Gasteiger partial charge in [0.15, 0.2) is 5.60 Å². The zero-order valence-corrected chi connectivity index (χ0v) is 11.1. The summed E-state index contributed by atoms with van der Waals surface area (Å²) in [5.74, 6) is 0.0512. The SMILES string of the molecule is CC(C)(C)[C@@H]1OC(=O)[C@@](C)([C@@H](N)c2ccco2)O1. The van der Waals surface area contributed by atoms with E-state index in [-0.39, 0.29) is 5.41 Å². The summed E-state index contributed by atoms with van der Waals surface area (Å²) in [7, 11) is 0. The number of furan rings is 1. The molecule has 1 aliphatic rings. The second-order valence-corrected chi connectivity index (χ2v) is 5.82. The van der Waals surface area contributed by atoms with Crippen molar-refractivity contribution >= 4 is 5.97 Å². The predicted molar refractivity (Wildman–Crippen MR) is 64.5 cm³/mol. The molecule has 1 aromatic heterocycles. The van der Waals surface area contributed by atoms with E-state index in [1.165, 1.54) is 6.26 Å². The maximum absolute atomic E-state index is 12.0. The van der Waals surface area contributed by atoms with Gasteiger partial charge in [-0.05, 0) is 19.1 Å². The van der Waals surface area contributed by atoms with Crippen molar-refractivity contribution in [3.05, 3.63) is 24.2 Å². The number of cyclic esters (lactones) is 1. The standard InChI is InChI=1S/C13H19NO4/c1-12(2,3)11-17-10(15)13(4,18-11)9(14)8-6-5-7-16-8/h5-7,9,11H,14H2,1-4H3/t9-,11+,13+/m0/s1. The van der Waals surface area contributed by atoms with Gasteiger partial charge in [0.05, 0.1) is 6.26 Å². The molecule has 5 heteroatoms. The molecule has 100 valence electrons. The predicted octanol–water partition coefficient (Wildman–Crippen LogP) is 1.98. The first kappa shape index (κ1) is 13.1. The molecule has 5 nitrogen and oxygen atoms in total. The average Bonchev–Trinajstić information content (AvgIpc) is 2.86. The van der Waals surface area contributed by atoms with E-state index in [0.717, 1.165) is 0 Å². The quantitative estimate of drug-likeness (QED) is 0.816. The lowest BCUT2D eigenvalue weighted by atomic mass is 9.94. The monoisotopic (exact) mass is 253 g/mol. The maximum atomic E-state index is 12.0. The van der Waals surface area contributed by atoms with Gasteiger partial charge >= 0.3 is 5.97 Å². The Balaban J connectivity index is 2.24. The van der Waals surface area contributed by atoms with E-state index in [1.54, 1.807) is 19.1 Å². The number of nitrogens with two attached hydrogens (primary N) is 1. The molecule has 0 amide bonds. The number of carbonyl (C=O) groups excluding carboxylic acids is 1. The highest BCUT2D eigenvalue weighted by Crippen LogP contribution is 2.40. The van der Waals surface area contributed by atoms with Crippen molar-refractivity contribution in [1.82, 2.24) is 0 Å². The Morgan fingerprint density at radius 1 is 1.44 bits per heavy atom. The van der Waals surface area contributed by atoms with Gasteiger partial charge in [0.25, 0.3) is 0 Å². The third-order valence-corrected chi connectivity index (χ3v) is 3.12. The van der Waals surface area contributed by atoms with Crippen LogP contribution in [0.4, 0.5) is 0 Å². The van der Waals surface area contributed by atoms with Crippen molar-refractivity contribution in [2.75, 3.05) is 0 Å². The van der Waals surface area contributed by atoms with Gasteiger partial charge in [-0.25, -0.2) is 4.79 Å². The molecule has 0 aliphatic carbocycles. The fourth-order valence-electron chi connectivity index (χ4n) is 1.80. The number of ether oxygens (including phenoxy) is 2. The Labute approximate surface area is 106 Å². The molecule has 0 unspecified atom stereocenters. The van der Waals surface area contributed by atoms with Gasteiger partial charge in [-0.3, -0.25) is 0 Å². The second-order valence-electron chi connectivity index (χ2n) is 5.82. The fourth-order valence-corrected chi connectivity index (χ4v) is 1.80. The van der Waals surface area contributed by atoms with Crippen LogP contribution in [0.1, 0.15) is 39.5 Å². The maximum Gasteiger partial charge on any atom is 0.342 e. The number of esters is 1. The molecule has 3 atom stereocenters. The van der Waals surface area contributed by atoms with E-state index in [1.807, 2.05) is 20.8 Å². The van der Waals surface area contributed by atoms with Crippen LogP contribution in [0.2, 0.25) is 0 Å². The third kappa shape index (κ3) is 2.04. The summed E-state index contributed by atoms with van der Waals surface area (Å²) < 4.78 is 16.3. The molecule has 1 aromatic rings. The third-order valence-electron chi connectivity index (χ3n) is 3.12. The summed E-state index contributed by atoms with van der Waals surface area (Å²) in [6.07, 6.45) is 0.913. The molecule has 18 heavy (non-hydrogen) atoms. The number of carbonyl (C=O) groups is 1. The van der Waals surface area contributed by atoms with Crippen molar-refractivity contribution in [3.63, 3.8) is 0 Å². The van der Waals surface area contributed by atoms with Gasteiger partial charge in [-0.15, -0.1) is 0 Å². The van der Waals surface area contributed by atoms with Crippen molar-refractivity contribution in [2.24, 2.45) is 11.1 Å². The summed E-state index contributed by atoms with van der Waals surface area (Å²) >= 11 is 0. The van der Waals surface area contributed by atoms with Crippen molar-refractivity contribution in [2.45, 2.75) is 45.6 Å². The summed E-state index contributed by atoms with van der Waals surface area (Å²) in [6, 6.07) is 2.75. The summed E-state index contributed by atoms with van der Waals surface area (Å²) in [6.45, 7) is 7.45. The van der Waals surface area contributed by atoms with Crippen LogP contribution in [0, 0.1) is 5.41 Å². The molecule has 0 spiro atoms. The van der Waals surface area contributed by atoms with Crippen molar-refractivity contribution in [1.29, 1.82) is 0 Å². The van der Waals surface area contributed by atoms with Gasteiger partial charge in [-0.2, -0.15) is 0 Å². The van der Waals surface area contributed by atoms with Crippen LogP contribution in [0.25, 0.3) is 0 Å². The van der Waals surface area contributed by atoms with Crippen LogP contribution in [-0.4, -0.2) is 17.9 Å². The van der Waals surface area contributed by atoms with Crippen LogP contribution in [0.5, 0.6) is 0 Å². The van der Waals surface area contributed by atoms with Crippen LogP contribution in [0.15, 0.2) is 22.8 Å². The molecule has 0 bridgehead atoms. The Morgan fingerprint density at radius 3 is 2.56 bits per heavy atom. The number of hydrogen-bond acceptors (Lipinski definition) is 5. The van der Waals surface area contributed by atoms with Crippen LogP contribution in [-0.2, 0) is 14.3 Å². The first-order valence-electron chi connectivity index (χ1n) is 5.93. The summed E-state index contributed by atoms with van der Waals surface area (Å²) in [4.78, 5) is 12.0. The minimum atomic E-state index is -1.21. The molecule has 0 aromatic carbocycles. The molecule has 2 N–H and O–H groups in total. The Morgan fingerprint density at radius 2 is 2.11 bits per heavy atom. The average molecular weight is 253 g/mol. The smallest absolute Gasteiger partial charge is 0.342 e. The lowest BCUT2D eigenvalue weighted by Gasteiger charge is -2.28. The van der Waals surface area contributed by atoms with E-state index in [0.29, 0.717) is 5.76 Å². The van der Waals surface area contributed by atoms with Crippen molar-refractivity contribution < 1.29 is 18.7 Å². The van der Waals surface area contributed by atoms with Crippen molar-refractivity contribution in [3.8, 4) is 0 Å². The number of hydrogen-bond donors (Lipinski definition) is 1. The van der Waals surface area contributed by atoms with E-state index in [9.17, 15) is 4.79 Å². The van der Waals surface area contributed by atoms with Gasteiger partial charge in [0.2, 0.25) is 6.29 Å². The Bertz CT molecular complexity index is 434. The molecule has 2 heterocycles. The van der Waals surface area contributed by atoms with Crippen LogP contribution < -0.4 is 5.73 Å². The van der Waals surface area contributed by atoms with E-state index in [2.05, 4.69) is 0 Å². The summed E-state index contributed by atoms with van der Waals surface area (Å²) in [5, 5.41) is 0. The zero-order chi connectivity index (χ0) is 13.6. The highest BCUT2D eigenvalue weighted by atomic mass is 16.8. The van der Waals surface area contributed by atoms with Crippen LogP contribution >= 0.6 is 0 Å².